The Morgan fingerprint density at radius 2 is 2.00 bits per heavy atom. The maximum Gasteiger partial charge on any atom is 0.267 e. The largest absolute Gasteiger partial charge is 0.302 e. The van der Waals surface area contributed by atoms with Gasteiger partial charge in [0.2, 0.25) is 0 Å². The van der Waals surface area contributed by atoms with Gasteiger partial charge in [-0.15, -0.1) is 0 Å². The summed E-state index contributed by atoms with van der Waals surface area (Å²) in [5, 5.41) is 4.59. The van der Waals surface area contributed by atoms with Gasteiger partial charge in [-0.2, -0.15) is 5.10 Å². The first kappa shape index (κ1) is 17.1. The van der Waals surface area contributed by atoms with Crippen LogP contribution in [0.25, 0.3) is 0 Å². The lowest BCUT2D eigenvalue weighted by Crippen LogP contribution is -2.38. The molecule has 2 aromatic heterocycles. The van der Waals surface area contributed by atoms with E-state index in [1.165, 1.54) is 4.57 Å². The molecular weight excluding hydrogens is 330 g/mol. The van der Waals surface area contributed by atoms with E-state index in [0.717, 1.165) is 62.0 Å². The second kappa shape index (κ2) is 7.15. The van der Waals surface area contributed by atoms with E-state index in [9.17, 15) is 9.59 Å². The molecule has 7 nitrogen and oxygen atoms in total. The number of aromatic nitrogens is 4. The summed E-state index contributed by atoms with van der Waals surface area (Å²) in [6.07, 6.45) is 8.34. The van der Waals surface area contributed by atoms with E-state index >= 15 is 0 Å². The molecular formula is C19H25N5O2. The van der Waals surface area contributed by atoms with Gasteiger partial charge in [0.25, 0.3) is 11.1 Å². The van der Waals surface area contributed by atoms with Gasteiger partial charge in [0, 0.05) is 38.0 Å². The van der Waals surface area contributed by atoms with E-state index in [-0.39, 0.29) is 11.1 Å². The molecule has 0 radical (unpaired) electrons. The minimum Gasteiger partial charge on any atom is -0.302 e. The highest BCUT2D eigenvalue weighted by atomic mass is 16.1. The van der Waals surface area contributed by atoms with Gasteiger partial charge in [-0.25, -0.2) is 9.67 Å². The van der Waals surface area contributed by atoms with Crippen molar-refractivity contribution in [2.75, 3.05) is 13.1 Å². The van der Waals surface area contributed by atoms with Crippen molar-refractivity contribution in [3.05, 3.63) is 56.1 Å². The summed E-state index contributed by atoms with van der Waals surface area (Å²) in [6.45, 7) is 3.21. The Hall–Kier alpha value is -2.28. The molecule has 0 N–H and O–H groups in total. The molecule has 138 valence electrons. The molecule has 4 rings (SSSR count). The highest BCUT2D eigenvalue weighted by Gasteiger charge is 2.22. The zero-order valence-corrected chi connectivity index (χ0v) is 15.2. The zero-order chi connectivity index (χ0) is 18.1. The second-order valence-corrected chi connectivity index (χ2v) is 7.54. The molecule has 2 aliphatic rings. The van der Waals surface area contributed by atoms with E-state index in [0.29, 0.717) is 19.0 Å². The van der Waals surface area contributed by atoms with Crippen molar-refractivity contribution in [1.29, 1.82) is 0 Å². The highest BCUT2D eigenvalue weighted by Crippen LogP contribution is 2.21. The quantitative estimate of drug-likeness (QED) is 0.809. The number of piperidine rings is 1. The normalized spacial score (nSPS) is 18.2. The molecule has 1 aliphatic heterocycles. The number of nitrogens with zero attached hydrogens (tertiary/aromatic N) is 5. The van der Waals surface area contributed by atoms with Crippen molar-refractivity contribution < 1.29 is 0 Å². The Morgan fingerprint density at radius 3 is 2.81 bits per heavy atom. The van der Waals surface area contributed by atoms with Crippen molar-refractivity contribution >= 4 is 0 Å². The monoisotopic (exact) mass is 355 g/mol. The predicted molar refractivity (Wildman–Crippen MR) is 98.0 cm³/mol. The van der Waals surface area contributed by atoms with Crippen molar-refractivity contribution in [1.82, 2.24) is 24.2 Å². The van der Waals surface area contributed by atoms with Gasteiger partial charge in [0.1, 0.15) is 0 Å². The van der Waals surface area contributed by atoms with Crippen LogP contribution in [0.1, 0.15) is 36.1 Å². The minimum absolute atomic E-state index is 0.0241. The van der Waals surface area contributed by atoms with Gasteiger partial charge >= 0.3 is 0 Å². The summed E-state index contributed by atoms with van der Waals surface area (Å²) in [4.78, 5) is 30.8. The van der Waals surface area contributed by atoms with Crippen LogP contribution in [0.15, 0.2) is 28.2 Å². The number of aryl methyl sites for hydroxylation is 3. The van der Waals surface area contributed by atoms with Gasteiger partial charge in [0.05, 0.1) is 12.0 Å². The Balaban J connectivity index is 1.36. The standard InChI is InChI=1S/C19H25N5O2/c1-22-13-20-10-16(19(22)26)12-23-7-5-14(6-8-23)11-24-18(25)9-15-3-2-4-17(15)21-24/h9-10,13-14H,2-8,11-12H2,1H3. The lowest BCUT2D eigenvalue weighted by atomic mass is 9.96. The molecule has 0 atom stereocenters. The van der Waals surface area contributed by atoms with Crippen LogP contribution in [0.3, 0.4) is 0 Å². The van der Waals surface area contributed by atoms with Crippen LogP contribution >= 0.6 is 0 Å². The molecule has 3 heterocycles. The van der Waals surface area contributed by atoms with Crippen molar-refractivity contribution in [2.45, 2.75) is 45.2 Å². The highest BCUT2D eigenvalue weighted by molar-refractivity contribution is 5.22. The fraction of sp³-hybridized carbons (Fsp3) is 0.579. The third-order valence-electron chi connectivity index (χ3n) is 5.62. The number of likely N-dealkylation sites (tertiary alicyclic amines) is 1. The fourth-order valence-corrected chi connectivity index (χ4v) is 4.05. The smallest absolute Gasteiger partial charge is 0.267 e. The summed E-state index contributed by atoms with van der Waals surface area (Å²) < 4.78 is 3.19. The Bertz CT molecular complexity index is 909. The molecule has 0 amide bonds. The van der Waals surface area contributed by atoms with Gasteiger partial charge in [-0.3, -0.25) is 14.5 Å². The number of fused-ring (bicyclic) bond motifs is 1. The van der Waals surface area contributed by atoms with Crippen molar-refractivity contribution in [3.8, 4) is 0 Å². The number of hydrogen-bond donors (Lipinski definition) is 0. The van der Waals surface area contributed by atoms with E-state index < -0.39 is 0 Å². The predicted octanol–water partition coefficient (Wildman–Crippen LogP) is 0.738. The topological polar surface area (TPSA) is 73.0 Å². The van der Waals surface area contributed by atoms with Crippen LogP contribution in [0, 0.1) is 5.92 Å². The van der Waals surface area contributed by atoms with E-state index in [2.05, 4.69) is 15.0 Å². The van der Waals surface area contributed by atoms with Crippen LogP contribution < -0.4 is 11.1 Å². The maximum atomic E-state index is 12.3. The average Bonchev–Trinajstić information content (AvgIpc) is 3.08. The molecule has 0 spiro atoms. The van der Waals surface area contributed by atoms with Crippen LogP contribution in [0.2, 0.25) is 0 Å². The molecule has 0 unspecified atom stereocenters. The fourth-order valence-electron chi connectivity index (χ4n) is 4.05. The lowest BCUT2D eigenvalue weighted by molar-refractivity contribution is 0.162. The van der Waals surface area contributed by atoms with E-state index in [1.54, 1.807) is 30.3 Å². The van der Waals surface area contributed by atoms with Crippen LogP contribution in [0.5, 0.6) is 0 Å². The van der Waals surface area contributed by atoms with Crippen LogP contribution in [-0.2, 0) is 33.0 Å². The minimum atomic E-state index is 0.0241. The molecule has 2 aromatic rings. The summed E-state index contributed by atoms with van der Waals surface area (Å²) in [7, 11) is 1.73. The first-order valence-corrected chi connectivity index (χ1v) is 9.42. The lowest BCUT2D eigenvalue weighted by Gasteiger charge is -2.31. The van der Waals surface area contributed by atoms with Crippen LogP contribution in [-0.4, -0.2) is 37.3 Å². The average molecular weight is 355 g/mol. The molecule has 0 aromatic carbocycles. The molecule has 1 aliphatic carbocycles. The Kier molecular flexibility index (Phi) is 4.72. The molecule has 1 saturated heterocycles. The summed E-state index contributed by atoms with van der Waals surface area (Å²) >= 11 is 0. The second-order valence-electron chi connectivity index (χ2n) is 7.54. The molecule has 0 saturated carbocycles. The van der Waals surface area contributed by atoms with Gasteiger partial charge < -0.3 is 4.57 Å². The van der Waals surface area contributed by atoms with E-state index in [4.69, 9.17) is 0 Å². The van der Waals surface area contributed by atoms with Gasteiger partial charge in [0.15, 0.2) is 0 Å². The van der Waals surface area contributed by atoms with Crippen molar-refractivity contribution in [2.24, 2.45) is 13.0 Å². The Morgan fingerprint density at radius 1 is 1.19 bits per heavy atom. The first-order valence-electron chi connectivity index (χ1n) is 9.42. The maximum absolute atomic E-state index is 12.3. The molecule has 0 bridgehead atoms. The summed E-state index contributed by atoms with van der Waals surface area (Å²) in [5.41, 5.74) is 3.04. The van der Waals surface area contributed by atoms with Gasteiger partial charge in [-0.05, 0) is 56.7 Å². The van der Waals surface area contributed by atoms with Crippen molar-refractivity contribution in [3.63, 3.8) is 0 Å². The summed E-state index contributed by atoms with van der Waals surface area (Å²) in [5.74, 6) is 0.465. The first-order chi connectivity index (χ1) is 12.6. The zero-order valence-electron chi connectivity index (χ0n) is 15.2. The number of hydrogen-bond acceptors (Lipinski definition) is 5. The molecule has 26 heavy (non-hydrogen) atoms. The van der Waals surface area contributed by atoms with Crippen LogP contribution in [0.4, 0.5) is 0 Å². The third kappa shape index (κ3) is 3.49. The van der Waals surface area contributed by atoms with E-state index in [1.807, 2.05) is 0 Å². The SMILES string of the molecule is Cn1cncc(CN2CCC(Cn3nc4c(cc3=O)CCC4)CC2)c1=O. The molecule has 7 heteroatoms. The Labute approximate surface area is 152 Å². The number of rotatable bonds is 4. The molecule has 1 fully saturated rings. The summed E-state index contributed by atoms with van der Waals surface area (Å²) in [6, 6.07) is 1.78. The van der Waals surface area contributed by atoms with Gasteiger partial charge in [-0.1, -0.05) is 0 Å². The third-order valence-corrected chi connectivity index (χ3v) is 5.62.